The summed E-state index contributed by atoms with van der Waals surface area (Å²) in [6, 6.07) is 18.7. The third kappa shape index (κ3) is 5.89. The van der Waals surface area contributed by atoms with E-state index in [0.29, 0.717) is 34.3 Å². The molecule has 0 unspecified atom stereocenters. The Labute approximate surface area is 235 Å². The van der Waals surface area contributed by atoms with Gasteiger partial charge in [0.2, 0.25) is 5.75 Å². The summed E-state index contributed by atoms with van der Waals surface area (Å²) in [4.78, 5) is 29.7. The van der Waals surface area contributed by atoms with Crippen LogP contribution in [0.5, 0.6) is 17.2 Å². The Kier molecular flexibility index (Phi) is 7.18. The smallest absolute Gasteiger partial charge is 0.413 e. The monoisotopic (exact) mass is 553 g/mol. The number of ether oxygens (including phenoxy) is 2. The molecular formula is C29H27N7O5. The number of hydrogen-bond acceptors (Lipinski definition) is 7. The van der Waals surface area contributed by atoms with Gasteiger partial charge < -0.3 is 19.9 Å². The highest BCUT2D eigenvalue weighted by Gasteiger charge is 2.28. The number of carbonyl (C=O) groups excluding carboxylic acids is 1. The van der Waals surface area contributed by atoms with Crippen LogP contribution in [-0.2, 0) is 5.41 Å². The van der Waals surface area contributed by atoms with Gasteiger partial charge >= 0.3 is 12.1 Å². The molecule has 0 spiro atoms. The summed E-state index contributed by atoms with van der Waals surface area (Å²) in [6.45, 7) is 6.42. The SMILES string of the molecule is CC(C)(C)c1cc(NC(=O)Nc2ccc(Oc3ccnc4c3OCCN4C(=O)O)cc2)n(-c2cccc(C#N)c2)n1. The minimum atomic E-state index is -1.12. The lowest BCUT2D eigenvalue weighted by Gasteiger charge is -2.27. The number of anilines is 3. The van der Waals surface area contributed by atoms with E-state index in [-0.39, 0.29) is 30.1 Å². The molecule has 0 saturated carbocycles. The first-order valence-electron chi connectivity index (χ1n) is 12.7. The molecule has 3 N–H and O–H groups in total. The molecule has 0 saturated heterocycles. The third-order valence-electron chi connectivity index (χ3n) is 6.18. The number of carboxylic acid groups (broad SMARTS) is 1. The highest BCUT2D eigenvalue weighted by atomic mass is 16.5. The minimum absolute atomic E-state index is 0.171. The van der Waals surface area contributed by atoms with Crippen LogP contribution in [0.25, 0.3) is 5.69 Å². The van der Waals surface area contributed by atoms with Crippen LogP contribution in [0.4, 0.5) is 26.9 Å². The number of amides is 3. The van der Waals surface area contributed by atoms with Crippen molar-refractivity contribution in [2.75, 3.05) is 28.7 Å². The molecule has 3 heterocycles. The average Bonchev–Trinajstić information content (AvgIpc) is 3.38. The summed E-state index contributed by atoms with van der Waals surface area (Å²) in [6.07, 6.45) is 0.326. The van der Waals surface area contributed by atoms with Gasteiger partial charge in [-0.25, -0.2) is 19.3 Å². The number of carbonyl (C=O) groups is 2. The first-order chi connectivity index (χ1) is 19.6. The molecule has 2 aromatic carbocycles. The molecule has 4 aromatic rings. The summed E-state index contributed by atoms with van der Waals surface area (Å²) in [7, 11) is 0. The number of nitrogens with zero attached hydrogens (tertiary/aromatic N) is 5. The minimum Gasteiger partial charge on any atom is -0.484 e. The number of pyridine rings is 1. The van der Waals surface area contributed by atoms with Gasteiger partial charge in [0.05, 0.1) is 29.6 Å². The molecule has 0 bridgehead atoms. The molecule has 3 amide bonds. The van der Waals surface area contributed by atoms with Crippen molar-refractivity contribution in [1.29, 1.82) is 5.26 Å². The fourth-order valence-electron chi connectivity index (χ4n) is 4.11. The second-order valence-corrected chi connectivity index (χ2v) is 10.2. The number of nitriles is 1. The topological polar surface area (TPSA) is 155 Å². The quantitative estimate of drug-likeness (QED) is 0.282. The Morgan fingerprint density at radius 2 is 1.88 bits per heavy atom. The summed E-state index contributed by atoms with van der Waals surface area (Å²) >= 11 is 0. The lowest BCUT2D eigenvalue weighted by molar-refractivity contribution is 0.195. The van der Waals surface area contributed by atoms with E-state index in [0.717, 1.165) is 10.6 Å². The number of rotatable bonds is 5. The second kappa shape index (κ2) is 10.9. The Balaban J connectivity index is 1.30. The van der Waals surface area contributed by atoms with Crippen molar-refractivity contribution in [3.8, 4) is 29.0 Å². The summed E-state index contributed by atoms with van der Waals surface area (Å²) < 4.78 is 13.2. The van der Waals surface area contributed by atoms with E-state index >= 15 is 0 Å². The number of aromatic nitrogens is 3. The van der Waals surface area contributed by atoms with E-state index in [9.17, 15) is 20.0 Å². The van der Waals surface area contributed by atoms with Crippen molar-refractivity contribution in [3.63, 3.8) is 0 Å². The van der Waals surface area contributed by atoms with Crippen molar-refractivity contribution in [3.05, 3.63) is 78.1 Å². The number of benzene rings is 2. The van der Waals surface area contributed by atoms with E-state index in [1.54, 1.807) is 59.3 Å². The molecule has 208 valence electrons. The average molecular weight is 554 g/mol. The van der Waals surface area contributed by atoms with Gasteiger partial charge in [0, 0.05) is 29.4 Å². The zero-order valence-electron chi connectivity index (χ0n) is 22.6. The maximum absolute atomic E-state index is 12.9. The van der Waals surface area contributed by atoms with Crippen LogP contribution >= 0.6 is 0 Å². The summed E-state index contributed by atoms with van der Waals surface area (Å²) in [5.41, 5.74) is 2.13. The van der Waals surface area contributed by atoms with Crippen LogP contribution in [0, 0.1) is 11.3 Å². The van der Waals surface area contributed by atoms with Crippen LogP contribution < -0.4 is 25.0 Å². The van der Waals surface area contributed by atoms with E-state index in [1.807, 2.05) is 26.8 Å². The van der Waals surface area contributed by atoms with E-state index in [2.05, 4.69) is 26.8 Å². The normalized spacial score (nSPS) is 12.5. The highest BCUT2D eigenvalue weighted by molar-refractivity contribution is 5.99. The van der Waals surface area contributed by atoms with Crippen molar-refractivity contribution in [1.82, 2.24) is 14.8 Å². The molecule has 2 aromatic heterocycles. The standard InChI is InChI=1S/C29H27N7O5/c1-29(2,3)23-16-24(36(34-23)20-6-4-5-18(15-20)17-30)33-27(37)32-19-7-9-21(10-8-19)41-22-11-12-31-26-25(22)40-14-13-35(26)28(38)39/h4-12,15-16H,13-14H2,1-3H3,(H,38,39)(H2,32,33,37). The summed E-state index contributed by atoms with van der Waals surface area (Å²) in [5.74, 6) is 1.63. The first-order valence-corrected chi connectivity index (χ1v) is 12.7. The van der Waals surface area contributed by atoms with Gasteiger partial charge in [-0.1, -0.05) is 26.8 Å². The lowest BCUT2D eigenvalue weighted by atomic mass is 9.92. The molecule has 0 radical (unpaired) electrons. The number of nitrogens with one attached hydrogen (secondary N) is 2. The molecule has 0 aliphatic carbocycles. The van der Waals surface area contributed by atoms with Crippen molar-refractivity contribution in [2.24, 2.45) is 0 Å². The van der Waals surface area contributed by atoms with Crippen molar-refractivity contribution < 1.29 is 24.2 Å². The Hall–Kier alpha value is -5.57. The predicted octanol–water partition coefficient (Wildman–Crippen LogP) is 5.75. The molecule has 1 aliphatic rings. The van der Waals surface area contributed by atoms with Crippen LogP contribution in [0.15, 0.2) is 66.9 Å². The van der Waals surface area contributed by atoms with Crippen LogP contribution in [0.3, 0.4) is 0 Å². The molecule has 41 heavy (non-hydrogen) atoms. The molecule has 12 heteroatoms. The van der Waals surface area contributed by atoms with Gasteiger partial charge in [0.1, 0.15) is 18.2 Å². The van der Waals surface area contributed by atoms with Gasteiger partial charge in [-0.2, -0.15) is 10.4 Å². The Morgan fingerprint density at radius 1 is 1.10 bits per heavy atom. The van der Waals surface area contributed by atoms with E-state index < -0.39 is 12.1 Å². The zero-order chi connectivity index (χ0) is 29.1. The van der Waals surface area contributed by atoms with E-state index in [1.165, 1.54) is 6.20 Å². The maximum atomic E-state index is 12.9. The Bertz CT molecular complexity index is 1650. The van der Waals surface area contributed by atoms with Crippen LogP contribution in [0.1, 0.15) is 32.0 Å². The molecule has 0 fully saturated rings. The maximum Gasteiger partial charge on any atom is 0.413 e. The molecule has 1 aliphatic heterocycles. The van der Waals surface area contributed by atoms with Gasteiger partial charge in [-0.05, 0) is 42.5 Å². The van der Waals surface area contributed by atoms with Gasteiger partial charge in [-0.3, -0.25) is 10.2 Å². The van der Waals surface area contributed by atoms with Gasteiger partial charge in [-0.15, -0.1) is 0 Å². The van der Waals surface area contributed by atoms with Crippen LogP contribution in [0.2, 0.25) is 0 Å². The van der Waals surface area contributed by atoms with E-state index in [4.69, 9.17) is 9.47 Å². The molecular weight excluding hydrogens is 526 g/mol. The first kappa shape index (κ1) is 27.0. The summed E-state index contributed by atoms with van der Waals surface area (Å²) in [5, 5.41) is 29.1. The van der Waals surface area contributed by atoms with Crippen molar-refractivity contribution >= 4 is 29.4 Å². The number of urea groups is 1. The van der Waals surface area contributed by atoms with Gasteiger partial charge in [0.15, 0.2) is 11.6 Å². The Morgan fingerprint density at radius 3 is 2.59 bits per heavy atom. The number of hydrogen-bond donors (Lipinski definition) is 3. The molecule has 12 nitrogen and oxygen atoms in total. The van der Waals surface area contributed by atoms with Crippen molar-refractivity contribution in [2.45, 2.75) is 26.2 Å². The molecule has 5 rings (SSSR count). The second-order valence-electron chi connectivity index (χ2n) is 10.2. The third-order valence-corrected chi connectivity index (χ3v) is 6.18. The molecule has 0 atom stereocenters. The fraction of sp³-hybridized carbons (Fsp3) is 0.207. The predicted molar refractivity (Wildman–Crippen MR) is 151 cm³/mol. The zero-order valence-corrected chi connectivity index (χ0v) is 22.6. The largest absolute Gasteiger partial charge is 0.484 e. The lowest BCUT2D eigenvalue weighted by Crippen LogP contribution is -2.37. The highest BCUT2D eigenvalue weighted by Crippen LogP contribution is 2.40. The number of fused-ring (bicyclic) bond motifs is 1. The van der Waals surface area contributed by atoms with Crippen LogP contribution in [-0.4, -0.2) is 45.1 Å². The van der Waals surface area contributed by atoms with Gasteiger partial charge in [0.25, 0.3) is 0 Å². The fourth-order valence-corrected chi connectivity index (χ4v) is 4.11.